The van der Waals surface area contributed by atoms with Gasteiger partial charge >= 0.3 is 6.03 Å². The third-order valence-corrected chi connectivity index (χ3v) is 7.45. The molecular formula is C22H26ClFN4O4S. The fourth-order valence-electron chi connectivity index (χ4n) is 3.60. The molecule has 3 amide bonds. The van der Waals surface area contributed by atoms with Crippen LogP contribution in [0.1, 0.15) is 12.8 Å². The highest BCUT2D eigenvalue weighted by Gasteiger charge is 2.28. The van der Waals surface area contributed by atoms with Crippen molar-refractivity contribution in [3.8, 4) is 0 Å². The number of hydrogen-bond donors (Lipinski definition) is 2. The Morgan fingerprint density at radius 2 is 1.94 bits per heavy atom. The van der Waals surface area contributed by atoms with E-state index in [9.17, 15) is 22.4 Å². The van der Waals surface area contributed by atoms with Gasteiger partial charge in [0.15, 0.2) is 0 Å². The van der Waals surface area contributed by atoms with Crippen molar-refractivity contribution in [2.75, 3.05) is 38.5 Å². The van der Waals surface area contributed by atoms with E-state index in [-0.39, 0.29) is 23.3 Å². The number of rotatable bonds is 7. The summed E-state index contributed by atoms with van der Waals surface area (Å²) in [6.45, 7) is 0.989. The number of carbonyl (C=O) groups excluding carboxylic acids is 2. The number of halogens is 2. The molecule has 0 bridgehead atoms. The van der Waals surface area contributed by atoms with E-state index in [0.717, 1.165) is 17.1 Å². The Morgan fingerprint density at radius 1 is 1.21 bits per heavy atom. The molecule has 0 radical (unpaired) electrons. The molecular weight excluding hydrogens is 471 g/mol. The predicted octanol–water partition coefficient (Wildman–Crippen LogP) is 3.16. The zero-order valence-corrected chi connectivity index (χ0v) is 19.7. The van der Waals surface area contributed by atoms with Crippen molar-refractivity contribution in [2.45, 2.75) is 17.7 Å². The van der Waals surface area contributed by atoms with E-state index in [2.05, 4.69) is 10.6 Å². The first-order valence-corrected chi connectivity index (χ1v) is 12.3. The molecule has 0 saturated carbocycles. The lowest BCUT2D eigenvalue weighted by atomic mass is 9.98. The second kappa shape index (κ2) is 11.0. The van der Waals surface area contributed by atoms with Gasteiger partial charge in [0.25, 0.3) is 0 Å². The maximum atomic E-state index is 13.2. The average Bonchev–Trinajstić information content (AvgIpc) is 2.78. The van der Waals surface area contributed by atoms with Gasteiger partial charge in [-0.15, -0.1) is 0 Å². The van der Waals surface area contributed by atoms with E-state index in [0.29, 0.717) is 30.3 Å². The monoisotopic (exact) mass is 496 g/mol. The van der Waals surface area contributed by atoms with Gasteiger partial charge in [0, 0.05) is 37.4 Å². The summed E-state index contributed by atoms with van der Waals surface area (Å²) in [7, 11) is -2.46. The van der Waals surface area contributed by atoms with Gasteiger partial charge in [-0.25, -0.2) is 17.6 Å². The minimum atomic E-state index is -3.82. The zero-order valence-electron chi connectivity index (χ0n) is 18.1. The van der Waals surface area contributed by atoms with Crippen LogP contribution in [0, 0.1) is 11.7 Å². The minimum absolute atomic E-state index is 0.0270. The Kier molecular flexibility index (Phi) is 8.28. The molecule has 1 unspecified atom stereocenters. The molecule has 11 heteroatoms. The molecule has 178 valence electrons. The van der Waals surface area contributed by atoms with Gasteiger partial charge in [0.1, 0.15) is 5.82 Å². The van der Waals surface area contributed by atoms with Crippen LogP contribution in [0.2, 0.25) is 5.02 Å². The van der Waals surface area contributed by atoms with Crippen molar-refractivity contribution in [1.82, 2.24) is 14.5 Å². The van der Waals surface area contributed by atoms with Crippen LogP contribution >= 0.6 is 11.6 Å². The highest BCUT2D eigenvalue weighted by molar-refractivity contribution is 7.89. The number of anilines is 1. The fourth-order valence-corrected chi connectivity index (χ4v) is 4.85. The summed E-state index contributed by atoms with van der Waals surface area (Å²) in [6, 6.07) is 10.9. The molecule has 0 aromatic heterocycles. The Morgan fingerprint density at radius 3 is 2.64 bits per heavy atom. The zero-order chi connectivity index (χ0) is 24.0. The van der Waals surface area contributed by atoms with E-state index >= 15 is 0 Å². The molecule has 1 aliphatic heterocycles. The largest absolute Gasteiger partial charge is 0.341 e. The number of carbonyl (C=O) groups is 2. The number of sulfonamides is 1. The first-order chi connectivity index (χ1) is 15.6. The summed E-state index contributed by atoms with van der Waals surface area (Å²) in [6.07, 6.45) is 1.57. The first kappa shape index (κ1) is 24.9. The summed E-state index contributed by atoms with van der Waals surface area (Å²) in [5.41, 5.74) is 0.345. The Balaban J connectivity index is 1.50. The number of likely N-dealkylation sites (N-methyl/N-ethyl adjacent to an activating group) is 1. The predicted molar refractivity (Wildman–Crippen MR) is 124 cm³/mol. The Labute approximate surface area is 197 Å². The van der Waals surface area contributed by atoms with Crippen LogP contribution < -0.4 is 10.6 Å². The number of likely N-dealkylation sites (tertiary alicyclic amines) is 1. The van der Waals surface area contributed by atoms with E-state index < -0.39 is 21.9 Å². The molecule has 1 fully saturated rings. The molecule has 2 aromatic carbocycles. The van der Waals surface area contributed by atoms with Crippen molar-refractivity contribution >= 4 is 39.2 Å². The van der Waals surface area contributed by atoms with Crippen molar-refractivity contribution in [2.24, 2.45) is 5.92 Å². The first-order valence-electron chi connectivity index (χ1n) is 10.5. The lowest BCUT2D eigenvalue weighted by Gasteiger charge is -2.33. The van der Waals surface area contributed by atoms with Crippen LogP contribution in [-0.2, 0) is 14.8 Å². The lowest BCUT2D eigenvalue weighted by molar-refractivity contribution is -0.132. The van der Waals surface area contributed by atoms with Gasteiger partial charge in [-0.05, 0) is 61.2 Å². The molecule has 2 N–H and O–H groups in total. The molecule has 1 heterocycles. The number of amides is 3. The van der Waals surface area contributed by atoms with Crippen LogP contribution in [0.25, 0.3) is 0 Å². The topological polar surface area (TPSA) is 98.8 Å². The lowest BCUT2D eigenvalue weighted by Crippen LogP contribution is -2.47. The molecule has 8 nitrogen and oxygen atoms in total. The summed E-state index contributed by atoms with van der Waals surface area (Å²) < 4.78 is 39.7. The van der Waals surface area contributed by atoms with Crippen molar-refractivity contribution in [3.05, 3.63) is 59.4 Å². The standard InChI is InChI=1S/C22H26ClFN4O4S/c1-27(33(31,32)20-9-7-17(23)8-10-20)15-21(29)28-11-3-4-16(14-28)13-25-22(30)26-19-6-2-5-18(24)12-19/h2,5-10,12,16H,3-4,11,13-15H2,1H3,(H2,25,26,30). The highest BCUT2D eigenvalue weighted by Crippen LogP contribution is 2.19. The van der Waals surface area contributed by atoms with Gasteiger partial charge in [0.2, 0.25) is 15.9 Å². The highest BCUT2D eigenvalue weighted by atomic mass is 35.5. The van der Waals surface area contributed by atoms with Gasteiger partial charge in [-0.3, -0.25) is 4.79 Å². The molecule has 0 aliphatic carbocycles. The van der Waals surface area contributed by atoms with E-state index in [1.165, 1.54) is 49.5 Å². The van der Waals surface area contributed by atoms with E-state index in [1.54, 1.807) is 11.0 Å². The Hall–Kier alpha value is -2.69. The molecule has 1 saturated heterocycles. The maximum Gasteiger partial charge on any atom is 0.319 e. The average molecular weight is 497 g/mol. The third kappa shape index (κ3) is 6.89. The molecule has 1 aliphatic rings. The number of nitrogens with zero attached hydrogens (tertiary/aromatic N) is 2. The van der Waals surface area contributed by atoms with Gasteiger partial charge in [-0.1, -0.05) is 17.7 Å². The number of benzene rings is 2. The minimum Gasteiger partial charge on any atom is -0.341 e. The van der Waals surface area contributed by atoms with Crippen LogP contribution in [-0.4, -0.2) is 62.8 Å². The van der Waals surface area contributed by atoms with E-state index in [1.807, 2.05) is 0 Å². The second-order valence-electron chi connectivity index (χ2n) is 7.91. The molecule has 1 atom stereocenters. The number of urea groups is 1. The second-order valence-corrected chi connectivity index (χ2v) is 10.4. The quantitative estimate of drug-likeness (QED) is 0.615. The van der Waals surface area contributed by atoms with Crippen molar-refractivity contribution < 1.29 is 22.4 Å². The Bertz CT molecular complexity index is 1100. The number of piperidine rings is 1. The normalized spacial score (nSPS) is 16.5. The summed E-state index contributed by atoms with van der Waals surface area (Å²) in [4.78, 5) is 26.5. The summed E-state index contributed by atoms with van der Waals surface area (Å²) in [5, 5.41) is 5.73. The summed E-state index contributed by atoms with van der Waals surface area (Å²) >= 11 is 5.82. The van der Waals surface area contributed by atoms with Crippen LogP contribution in [0.4, 0.5) is 14.9 Å². The molecule has 33 heavy (non-hydrogen) atoms. The molecule has 0 spiro atoms. The number of hydrogen-bond acceptors (Lipinski definition) is 4. The smallest absolute Gasteiger partial charge is 0.319 e. The fraction of sp³-hybridized carbons (Fsp3) is 0.364. The van der Waals surface area contributed by atoms with Crippen LogP contribution in [0.5, 0.6) is 0 Å². The molecule has 2 aromatic rings. The van der Waals surface area contributed by atoms with Crippen LogP contribution in [0.3, 0.4) is 0 Å². The van der Waals surface area contributed by atoms with Gasteiger partial charge in [-0.2, -0.15) is 4.31 Å². The summed E-state index contributed by atoms with van der Waals surface area (Å²) in [5.74, 6) is -0.722. The maximum absolute atomic E-state index is 13.2. The molecule has 3 rings (SSSR count). The van der Waals surface area contributed by atoms with Gasteiger partial charge < -0.3 is 15.5 Å². The van der Waals surface area contributed by atoms with Crippen molar-refractivity contribution in [3.63, 3.8) is 0 Å². The van der Waals surface area contributed by atoms with Crippen LogP contribution in [0.15, 0.2) is 53.4 Å². The number of nitrogens with one attached hydrogen (secondary N) is 2. The third-order valence-electron chi connectivity index (χ3n) is 5.39. The van der Waals surface area contributed by atoms with Crippen molar-refractivity contribution in [1.29, 1.82) is 0 Å². The van der Waals surface area contributed by atoms with Gasteiger partial charge in [0.05, 0.1) is 11.4 Å². The van der Waals surface area contributed by atoms with E-state index in [4.69, 9.17) is 11.6 Å². The SMILES string of the molecule is CN(CC(=O)N1CCCC(CNC(=O)Nc2cccc(F)c2)C1)S(=O)(=O)c1ccc(Cl)cc1.